The van der Waals surface area contributed by atoms with Crippen LogP contribution in [0.3, 0.4) is 0 Å². The van der Waals surface area contributed by atoms with Crippen LogP contribution in [0.4, 0.5) is 0 Å². The van der Waals surface area contributed by atoms with Crippen molar-refractivity contribution in [2.45, 2.75) is 58.2 Å². The fourth-order valence-electron chi connectivity index (χ4n) is 2.44. The lowest BCUT2D eigenvalue weighted by molar-refractivity contribution is 0.239. The zero-order valence-electron chi connectivity index (χ0n) is 11.2. The van der Waals surface area contributed by atoms with Crippen LogP contribution in [-0.2, 0) is 6.54 Å². The van der Waals surface area contributed by atoms with Gasteiger partial charge in [-0.2, -0.15) is 0 Å². The maximum atomic E-state index is 5.85. The van der Waals surface area contributed by atoms with E-state index >= 15 is 0 Å². The minimum atomic E-state index is 0.219. The first kappa shape index (κ1) is 13.9. The Balaban J connectivity index is 2.01. The van der Waals surface area contributed by atoms with Gasteiger partial charge in [0.25, 0.3) is 0 Å². The SMILES string of the molecule is CC(C)Oc1ccc(Br)cc1CNC1CCCC1. The Kier molecular flexibility index (Phi) is 5.07. The number of halogens is 1. The van der Waals surface area contributed by atoms with Crippen LogP contribution in [0.5, 0.6) is 5.75 Å². The molecule has 1 aromatic carbocycles. The highest BCUT2D eigenvalue weighted by Crippen LogP contribution is 2.25. The highest BCUT2D eigenvalue weighted by molar-refractivity contribution is 9.10. The van der Waals surface area contributed by atoms with Gasteiger partial charge in [-0.1, -0.05) is 28.8 Å². The normalized spacial score (nSPS) is 16.4. The first-order chi connectivity index (χ1) is 8.65. The average molecular weight is 312 g/mol. The van der Waals surface area contributed by atoms with E-state index in [0.29, 0.717) is 6.04 Å². The average Bonchev–Trinajstić information content (AvgIpc) is 2.82. The molecule has 18 heavy (non-hydrogen) atoms. The van der Waals surface area contributed by atoms with E-state index in [0.717, 1.165) is 16.8 Å². The van der Waals surface area contributed by atoms with Crippen LogP contribution in [0.25, 0.3) is 0 Å². The summed E-state index contributed by atoms with van der Waals surface area (Å²) in [5.74, 6) is 0.999. The van der Waals surface area contributed by atoms with E-state index in [9.17, 15) is 0 Å². The first-order valence-corrected chi connectivity index (χ1v) is 7.63. The van der Waals surface area contributed by atoms with Crippen molar-refractivity contribution in [3.05, 3.63) is 28.2 Å². The zero-order valence-corrected chi connectivity index (χ0v) is 12.8. The van der Waals surface area contributed by atoms with Crippen molar-refractivity contribution in [2.75, 3.05) is 0 Å². The highest BCUT2D eigenvalue weighted by Gasteiger charge is 2.15. The van der Waals surface area contributed by atoms with Gasteiger partial charge in [0.15, 0.2) is 0 Å². The maximum absolute atomic E-state index is 5.85. The quantitative estimate of drug-likeness (QED) is 0.877. The maximum Gasteiger partial charge on any atom is 0.124 e. The van der Waals surface area contributed by atoms with Gasteiger partial charge in [-0.25, -0.2) is 0 Å². The van der Waals surface area contributed by atoms with Gasteiger partial charge < -0.3 is 10.1 Å². The van der Waals surface area contributed by atoms with Gasteiger partial charge in [0.2, 0.25) is 0 Å². The third kappa shape index (κ3) is 3.99. The third-order valence-corrected chi connectivity index (χ3v) is 3.81. The predicted octanol–water partition coefficient (Wildman–Crippen LogP) is 4.27. The van der Waals surface area contributed by atoms with Crippen molar-refractivity contribution in [3.63, 3.8) is 0 Å². The molecule has 1 fully saturated rings. The molecule has 0 bridgehead atoms. The Morgan fingerprint density at radius 3 is 2.72 bits per heavy atom. The topological polar surface area (TPSA) is 21.3 Å². The molecule has 1 aliphatic rings. The summed E-state index contributed by atoms with van der Waals surface area (Å²) in [6.07, 6.45) is 5.58. The van der Waals surface area contributed by atoms with E-state index in [-0.39, 0.29) is 6.10 Å². The summed E-state index contributed by atoms with van der Waals surface area (Å²) in [4.78, 5) is 0. The van der Waals surface area contributed by atoms with Crippen molar-refractivity contribution in [2.24, 2.45) is 0 Å². The van der Waals surface area contributed by atoms with E-state index in [1.54, 1.807) is 0 Å². The fourth-order valence-corrected chi connectivity index (χ4v) is 2.85. The number of nitrogens with one attached hydrogen (secondary N) is 1. The van der Waals surface area contributed by atoms with E-state index in [4.69, 9.17) is 4.74 Å². The number of benzene rings is 1. The molecule has 1 aromatic rings. The number of rotatable bonds is 5. The summed E-state index contributed by atoms with van der Waals surface area (Å²) in [6.45, 7) is 5.03. The minimum Gasteiger partial charge on any atom is -0.491 e. The summed E-state index contributed by atoms with van der Waals surface area (Å²) >= 11 is 3.53. The second-order valence-electron chi connectivity index (χ2n) is 5.28. The van der Waals surface area contributed by atoms with Crippen molar-refractivity contribution in [1.29, 1.82) is 0 Å². The van der Waals surface area contributed by atoms with Crippen LogP contribution < -0.4 is 10.1 Å². The van der Waals surface area contributed by atoms with E-state index in [1.165, 1.54) is 31.2 Å². The molecular formula is C15H22BrNO. The summed E-state index contributed by atoms with van der Waals surface area (Å²) in [5, 5.41) is 3.64. The van der Waals surface area contributed by atoms with E-state index in [1.807, 2.05) is 6.07 Å². The molecule has 1 N–H and O–H groups in total. The van der Waals surface area contributed by atoms with Crippen LogP contribution in [0.1, 0.15) is 45.1 Å². The van der Waals surface area contributed by atoms with Gasteiger partial charge in [0.05, 0.1) is 6.10 Å². The van der Waals surface area contributed by atoms with Crippen molar-refractivity contribution < 1.29 is 4.74 Å². The lowest BCUT2D eigenvalue weighted by atomic mass is 10.1. The molecule has 0 aliphatic heterocycles. The molecule has 1 aliphatic carbocycles. The smallest absolute Gasteiger partial charge is 0.124 e. The summed E-state index contributed by atoms with van der Waals surface area (Å²) in [5.41, 5.74) is 1.24. The summed E-state index contributed by atoms with van der Waals surface area (Å²) < 4.78 is 6.97. The molecule has 0 unspecified atom stereocenters. The largest absolute Gasteiger partial charge is 0.491 e. The van der Waals surface area contributed by atoms with Gasteiger partial charge in [-0.15, -0.1) is 0 Å². The molecule has 3 heteroatoms. The number of hydrogen-bond acceptors (Lipinski definition) is 2. The van der Waals surface area contributed by atoms with Crippen LogP contribution in [0.2, 0.25) is 0 Å². The first-order valence-electron chi connectivity index (χ1n) is 6.83. The molecule has 100 valence electrons. The second kappa shape index (κ2) is 6.58. The fraction of sp³-hybridized carbons (Fsp3) is 0.600. The molecule has 2 nitrogen and oxygen atoms in total. The lowest BCUT2D eigenvalue weighted by Crippen LogP contribution is -2.25. The monoisotopic (exact) mass is 311 g/mol. The highest BCUT2D eigenvalue weighted by atomic mass is 79.9. The molecule has 0 aromatic heterocycles. The molecule has 0 radical (unpaired) electrons. The Bertz CT molecular complexity index is 386. The minimum absolute atomic E-state index is 0.219. The Morgan fingerprint density at radius 2 is 2.06 bits per heavy atom. The second-order valence-corrected chi connectivity index (χ2v) is 6.20. The van der Waals surface area contributed by atoms with Crippen LogP contribution >= 0.6 is 15.9 Å². The lowest BCUT2D eigenvalue weighted by Gasteiger charge is -2.17. The molecule has 0 saturated heterocycles. The molecule has 0 heterocycles. The predicted molar refractivity (Wildman–Crippen MR) is 79.0 cm³/mol. The van der Waals surface area contributed by atoms with Gasteiger partial charge in [0, 0.05) is 22.6 Å². The summed E-state index contributed by atoms with van der Waals surface area (Å²) in [7, 11) is 0. The van der Waals surface area contributed by atoms with E-state index < -0.39 is 0 Å². The van der Waals surface area contributed by atoms with Gasteiger partial charge in [0.1, 0.15) is 5.75 Å². The Labute approximate surface area is 118 Å². The molecule has 0 spiro atoms. The molecule has 0 amide bonds. The van der Waals surface area contributed by atoms with Gasteiger partial charge >= 0.3 is 0 Å². The van der Waals surface area contributed by atoms with Crippen LogP contribution in [0.15, 0.2) is 22.7 Å². The van der Waals surface area contributed by atoms with Crippen molar-refractivity contribution >= 4 is 15.9 Å². The molecular weight excluding hydrogens is 290 g/mol. The number of hydrogen-bond donors (Lipinski definition) is 1. The zero-order chi connectivity index (χ0) is 13.0. The van der Waals surface area contributed by atoms with E-state index in [2.05, 4.69) is 47.2 Å². The van der Waals surface area contributed by atoms with Crippen molar-refractivity contribution in [3.8, 4) is 5.75 Å². The van der Waals surface area contributed by atoms with Crippen LogP contribution in [0, 0.1) is 0 Å². The Hall–Kier alpha value is -0.540. The Morgan fingerprint density at radius 1 is 1.33 bits per heavy atom. The summed E-state index contributed by atoms with van der Waals surface area (Å²) in [6, 6.07) is 6.93. The molecule has 0 atom stereocenters. The molecule has 2 rings (SSSR count). The molecule has 1 saturated carbocycles. The van der Waals surface area contributed by atoms with Gasteiger partial charge in [-0.05, 0) is 44.9 Å². The van der Waals surface area contributed by atoms with Gasteiger partial charge in [-0.3, -0.25) is 0 Å². The number of ether oxygens (including phenoxy) is 1. The standard InChI is InChI=1S/C15H22BrNO/c1-11(2)18-15-8-7-13(16)9-12(15)10-17-14-5-3-4-6-14/h7-9,11,14,17H,3-6,10H2,1-2H3. The third-order valence-electron chi connectivity index (χ3n) is 3.32. The van der Waals surface area contributed by atoms with Crippen molar-refractivity contribution in [1.82, 2.24) is 5.32 Å². The van der Waals surface area contributed by atoms with Crippen LogP contribution in [-0.4, -0.2) is 12.1 Å².